The minimum absolute atomic E-state index is 0.206. The number of rotatable bonds is 8. The second-order valence-electron chi connectivity index (χ2n) is 7.94. The minimum atomic E-state index is -0.919. The van der Waals surface area contributed by atoms with E-state index in [1.54, 1.807) is 20.0 Å². The van der Waals surface area contributed by atoms with Gasteiger partial charge in [0, 0.05) is 38.6 Å². The molecule has 2 heterocycles. The van der Waals surface area contributed by atoms with Crippen molar-refractivity contribution in [1.82, 2.24) is 19.6 Å². The van der Waals surface area contributed by atoms with Crippen molar-refractivity contribution in [3.63, 3.8) is 0 Å². The van der Waals surface area contributed by atoms with Crippen LogP contribution in [0.3, 0.4) is 0 Å². The molecule has 0 spiro atoms. The molecule has 25 heavy (non-hydrogen) atoms. The van der Waals surface area contributed by atoms with E-state index in [1.165, 1.54) is 0 Å². The Hall–Kier alpha value is -1.38. The smallest absolute Gasteiger partial charge is 0.312 e. The molecule has 1 fully saturated rings. The average molecular weight is 350 g/mol. The third-order valence-electron chi connectivity index (χ3n) is 5.08. The van der Waals surface area contributed by atoms with Crippen molar-refractivity contribution < 1.29 is 14.6 Å². The normalized spacial score (nSPS) is 17.2. The van der Waals surface area contributed by atoms with Gasteiger partial charge in [0.25, 0.3) is 0 Å². The van der Waals surface area contributed by atoms with E-state index in [-0.39, 0.29) is 5.91 Å². The molecule has 1 aromatic rings. The largest absolute Gasteiger partial charge is 0.427 e. The van der Waals surface area contributed by atoms with Gasteiger partial charge >= 0.3 is 7.48 Å². The Bertz CT molecular complexity index is 583. The molecule has 0 unspecified atom stereocenters. The highest BCUT2D eigenvalue weighted by atomic mass is 16.5. The lowest BCUT2D eigenvalue weighted by Gasteiger charge is -2.37. The van der Waals surface area contributed by atoms with Gasteiger partial charge in [-0.3, -0.25) is 14.4 Å². The van der Waals surface area contributed by atoms with Crippen LogP contribution in [0.5, 0.6) is 0 Å². The first kappa shape index (κ1) is 19.9. The summed E-state index contributed by atoms with van der Waals surface area (Å²) >= 11 is 0. The Morgan fingerprint density at radius 1 is 1.28 bits per heavy atom. The quantitative estimate of drug-likeness (QED) is 0.646. The van der Waals surface area contributed by atoms with Crippen molar-refractivity contribution in [3.05, 3.63) is 12.4 Å². The molecule has 0 aromatic carbocycles. The van der Waals surface area contributed by atoms with E-state index in [2.05, 4.69) is 5.10 Å². The summed E-state index contributed by atoms with van der Waals surface area (Å²) in [4.78, 5) is 15.9. The Labute approximate surface area is 151 Å². The lowest BCUT2D eigenvalue weighted by Crippen LogP contribution is -2.49. The van der Waals surface area contributed by atoms with Crippen molar-refractivity contribution in [3.8, 4) is 0 Å². The van der Waals surface area contributed by atoms with Crippen LogP contribution >= 0.6 is 0 Å². The fourth-order valence-electron chi connectivity index (χ4n) is 2.53. The van der Waals surface area contributed by atoms with E-state index in [0.29, 0.717) is 14.0 Å². The number of likely N-dealkylation sites (N-methyl/N-ethyl adjacent to an activating group) is 1. The molecule has 140 valence electrons. The van der Waals surface area contributed by atoms with Gasteiger partial charge in [0.05, 0.1) is 17.7 Å². The third-order valence-corrected chi connectivity index (χ3v) is 5.08. The Balaban J connectivity index is 1.75. The summed E-state index contributed by atoms with van der Waals surface area (Å²) < 4.78 is 7.74. The molecule has 1 saturated heterocycles. The molecule has 0 saturated carbocycles. The summed E-state index contributed by atoms with van der Waals surface area (Å²) in [5.74, 6) is 0.206. The first-order valence-electron chi connectivity index (χ1n) is 8.92. The van der Waals surface area contributed by atoms with E-state index < -0.39 is 11.2 Å². The molecule has 2 rings (SSSR count). The summed E-state index contributed by atoms with van der Waals surface area (Å²) in [5.41, 5.74) is -0.581. The molecule has 0 aliphatic carbocycles. The number of aryl methyl sites for hydroxylation is 1. The predicted octanol–water partition coefficient (Wildman–Crippen LogP) is -0.410. The topological polar surface area (TPSA) is 70.8 Å². The molecule has 1 amide bonds. The number of hydrogen-bond acceptors (Lipinski definition) is 5. The number of carbonyl (C=O) groups is 1. The summed E-state index contributed by atoms with van der Waals surface area (Å²) in [6, 6.07) is 0. The van der Waals surface area contributed by atoms with Crippen LogP contribution in [0, 0.1) is 0 Å². The molecule has 8 heteroatoms. The molecular weight excluding hydrogens is 319 g/mol. The highest BCUT2D eigenvalue weighted by Crippen LogP contribution is 2.24. The molecule has 1 aliphatic rings. The monoisotopic (exact) mass is 350 g/mol. The molecule has 0 radical (unpaired) electrons. The van der Waals surface area contributed by atoms with Crippen LogP contribution in [0.4, 0.5) is 0 Å². The van der Waals surface area contributed by atoms with Gasteiger partial charge in [0.15, 0.2) is 0 Å². The van der Waals surface area contributed by atoms with Crippen molar-refractivity contribution in [2.75, 3.05) is 33.2 Å². The number of piperazine rings is 1. The van der Waals surface area contributed by atoms with Crippen molar-refractivity contribution in [1.29, 1.82) is 0 Å². The summed E-state index contributed by atoms with van der Waals surface area (Å²) in [6.45, 7) is 11.0. The second kappa shape index (κ2) is 7.89. The molecule has 1 N–H and O–H groups in total. The van der Waals surface area contributed by atoms with Crippen molar-refractivity contribution in [2.24, 2.45) is 0 Å². The van der Waals surface area contributed by atoms with E-state index in [9.17, 15) is 9.90 Å². The van der Waals surface area contributed by atoms with Gasteiger partial charge in [-0.05, 0) is 46.6 Å². The van der Waals surface area contributed by atoms with E-state index >= 15 is 0 Å². The van der Waals surface area contributed by atoms with Gasteiger partial charge in [-0.25, -0.2) is 0 Å². The molecule has 0 atom stereocenters. The molecule has 7 nitrogen and oxygen atoms in total. The van der Waals surface area contributed by atoms with Crippen LogP contribution in [0.2, 0.25) is 0 Å². The summed E-state index contributed by atoms with van der Waals surface area (Å²) in [6.07, 6.45) is 4.64. The van der Waals surface area contributed by atoms with Gasteiger partial charge < -0.3 is 14.7 Å². The van der Waals surface area contributed by atoms with Gasteiger partial charge in [-0.2, -0.15) is 5.10 Å². The number of carbonyl (C=O) groups excluding carboxylic acids is 1. The van der Waals surface area contributed by atoms with Crippen LogP contribution in [-0.2, 0) is 16.0 Å². The van der Waals surface area contributed by atoms with Crippen LogP contribution in [0.25, 0.3) is 0 Å². The first-order valence-corrected chi connectivity index (χ1v) is 8.92. The highest BCUT2D eigenvalue weighted by molar-refractivity contribution is 6.46. The zero-order valence-corrected chi connectivity index (χ0v) is 16.2. The Kier molecular flexibility index (Phi) is 6.29. The Morgan fingerprint density at radius 2 is 2.00 bits per heavy atom. The maximum atomic E-state index is 11.9. The van der Waals surface area contributed by atoms with Gasteiger partial charge in [-0.1, -0.05) is 0 Å². The minimum Gasteiger partial charge on any atom is -0.427 e. The van der Waals surface area contributed by atoms with E-state index in [4.69, 9.17) is 4.65 Å². The molecule has 1 aromatic heterocycles. The van der Waals surface area contributed by atoms with Crippen LogP contribution in [0.15, 0.2) is 12.4 Å². The fourth-order valence-corrected chi connectivity index (χ4v) is 2.53. The molecule has 0 bridgehead atoms. The fraction of sp³-hybridized carbons (Fsp3) is 0.765. The zero-order valence-electron chi connectivity index (χ0n) is 16.2. The summed E-state index contributed by atoms with van der Waals surface area (Å²) in [7, 11) is 2.38. The van der Waals surface area contributed by atoms with Crippen molar-refractivity contribution in [2.45, 2.75) is 51.9 Å². The maximum Gasteiger partial charge on any atom is 0.312 e. The van der Waals surface area contributed by atoms with Crippen LogP contribution in [0.1, 0.15) is 34.1 Å². The summed E-state index contributed by atoms with van der Waals surface area (Å²) in [5, 5.41) is 14.5. The average Bonchev–Trinajstić information content (AvgIpc) is 2.94. The lowest BCUT2D eigenvalue weighted by atomic mass is 9.84. The zero-order chi connectivity index (χ0) is 18.7. The van der Waals surface area contributed by atoms with Crippen LogP contribution < -0.4 is 5.46 Å². The first-order chi connectivity index (χ1) is 11.6. The number of nitrogens with zero attached hydrogens (tertiary/aromatic N) is 4. The third kappa shape index (κ3) is 5.55. The lowest BCUT2D eigenvalue weighted by molar-refractivity contribution is -0.135. The van der Waals surface area contributed by atoms with E-state index in [1.807, 2.05) is 41.6 Å². The highest BCUT2D eigenvalue weighted by Gasteiger charge is 2.35. The number of aromatic nitrogens is 2. The number of aliphatic hydroxyl groups is 1. The molecule has 1 aliphatic heterocycles. The van der Waals surface area contributed by atoms with Crippen LogP contribution in [-0.4, -0.2) is 82.5 Å². The van der Waals surface area contributed by atoms with Gasteiger partial charge in [0.2, 0.25) is 5.91 Å². The second-order valence-corrected chi connectivity index (χ2v) is 7.94. The number of hydrogen-bond donors (Lipinski definition) is 1. The van der Waals surface area contributed by atoms with Gasteiger partial charge in [0.1, 0.15) is 0 Å². The SMILES string of the molecule is CN1CCN(CCCn2cc(BOC(C)(C)C(C)(C)O)cn2)C(=O)C1. The predicted molar refractivity (Wildman–Crippen MR) is 99.2 cm³/mol. The maximum absolute atomic E-state index is 11.9. The number of amides is 1. The van der Waals surface area contributed by atoms with E-state index in [0.717, 1.165) is 38.1 Å². The van der Waals surface area contributed by atoms with Gasteiger partial charge in [-0.15, -0.1) is 0 Å². The molecular formula is C17H31BN4O3. The Morgan fingerprint density at radius 3 is 2.64 bits per heavy atom. The van der Waals surface area contributed by atoms with Crippen molar-refractivity contribution >= 4 is 18.9 Å². The standard InChI is InChI=1S/C17H31BN4O3/c1-16(2,24)17(3,4)25-18-14-11-19-22(12-14)8-6-7-21-10-9-20(5)13-15(21)23/h11-12,18,24H,6-10,13H2,1-5H3.